The minimum Gasteiger partial charge on any atom is -0.331 e. The van der Waals surface area contributed by atoms with E-state index in [1.54, 1.807) is 36.5 Å². The average molecular weight is 453 g/mol. The van der Waals surface area contributed by atoms with Crippen LogP contribution in [0, 0.1) is 6.92 Å². The molecule has 1 aromatic heterocycles. The predicted molar refractivity (Wildman–Crippen MR) is 122 cm³/mol. The highest BCUT2D eigenvalue weighted by molar-refractivity contribution is 6.32. The largest absolute Gasteiger partial charge is 0.342 e. The number of hydrogen-bond donors (Lipinski definition) is 1. The molecule has 3 aromatic rings. The summed E-state index contributed by atoms with van der Waals surface area (Å²) in [7, 11) is 0. The van der Waals surface area contributed by atoms with E-state index in [0.29, 0.717) is 40.0 Å². The van der Waals surface area contributed by atoms with Crippen LogP contribution in [0.25, 0.3) is 0 Å². The Morgan fingerprint density at radius 3 is 2.48 bits per heavy atom. The summed E-state index contributed by atoms with van der Waals surface area (Å²) in [5.74, 6) is -0.116. The number of hydrogen-bond acceptors (Lipinski definition) is 4. The van der Waals surface area contributed by atoms with Gasteiger partial charge in [-0.15, -0.1) is 0 Å². The molecule has 1 N–H and O–H groups in total. The molecule has 0 fully saturated rings. The van der Waals surface area contributed by atoms with Crippen LogP contribution in [0.4, 0.5) is 10.5 Å². The summed E-state index contributed by atoms with van der Waals surface area (Å²) in [6.45, 7) is 2.36. The van der Waals surface area contributed by atoms with E-state index in [9.17, 15) is 9.59 Å². The van der Waals surface area contributed by atoms with Gasteiger partial charge in [0.1, 0.15) is 5.15 Å². The van der Waals surface area contributed by atoms with Crippen molar-refractivity contribution >= 4 is 46.9 Å². The maximum Gasteiger partial charge on any atom is 0.342 e. The van der Waals surface area contributed by atoms with Crippen molar-refractivity contribution in [1.29, 1.82) is 0 Å². The number of anilines is 1. The van der Waals surface area contributed by atoms with Gasteiger partial charge in [-0.25, -0.2) is 9.78 Å². The van der Waals surface area contributed by atoms with Crippen molar-refractivity contribution in [3.63, 3.8) is 0 Å². The van der Waals surface area contributed by atoms with Crippen LogP contribution in [0.5, 0.6) is 0 Å². The predicted octanol–water partition coefficient (Wildman–Crippen LogP) is 5.03. The molecule has 0 unspecified atom stereocenters. The van der Waals surface area contributed by atoms with E-state index in [2.05, 4.69) is 15.4 Å². The van der Waals surface area contributed by atoms with Gasteiger partial charge < -0.3 is 5.32 Å². The van der Waals surface area contributed by atoms with Gasteiger partial charge in [0.25, 0.3) is 0 Å². The number of carbonyl (C=O) groups is 2. The smallest absolute Gasteiger partial charge is 0.331 e. The summed E-state index contributed by atoms with van der Waals surface area (Å²) in [5.41, 5.74) is 4.57. The molecular formula is C23H18Cl2N4O2. The Balaban J connectivity index is 1.53. The number of pyridine rings is 1. The maximum atomic E-state index is 12.6. The van der Waals surface area contributed by atoms with Crippen molar-refractivity contribution in [3.8, 4) is 0 Å². The molecule has 1 aliphatic heterocycles. The van der Waals surface area contributed by atoms with E-state index < -0.39 is 0 Å². The zero-order chi connectivity index (χ0) is 22.0. The van der Waals surface area contributed by atoms with Gasteiger partial charge in [0.05, 0.1) is 12.2 Å². The van der Waals surface area contributed by atoms with E-state index in [1.165, 1.54) is 11.2 Å². The number of rotatable bonds is 5. The number of ketones is 1. The number of nitrogens with zero attached hydrogens (tertiary/aromatic N) is 3. The van der Waals surface area contributed by atoms with Crippen molar-refractivity contribution in [3.05, 3.63) is 92.7 Å². The molecule has 4 rings (SSSR count). The van der Waals surface area contributed by atoms with Crippen LogP contribution < -0.4 is 10.3 Å². The molecule has 8 heteroatoms. The number of hydrazone groups is 1. The third kappa shape index (κ3) is 4.60. The number of aryl methyl sites for hydroxylation is 1. The lowest BCUT2D eigenvalue weighted by Crippen LogP contribution is -2.41. The Bertz CT molecular complexity index is 1150. The van der Waals surface area contributed by atoms with Crippen LogP contribution in [-0.4, -0.2) is 29.6 Å². The standard InChI is InChI=1S/C23H18Cl2N4O2/c1-14-10-18(29-23(31)26-8-9-28-29)12-20(24)19(14)11-15-2-4-16(5-3-15)22(30)17-6-7-21(25)27-13-17/h2-7,9-10,12-13H,8,11H2,1H3,(H,26,31). The fraction of sp³-hybridized carbons (Fsp3) is 0.130. The van der Waals surface area contributed by atoms with Crippen LogP contribution in [-0.2, 0) is 6.42 Å². The van der Waals surface area contributed by atoms with Gasteiger partial charge in [-0.3, -0.25) is 4.79 Å². The van der Waals surface area contributed by atoms with Crippen molar-refractivity contribution in [2.75, 3.05) is 11.6 Å². The first-order valence-electron chi connectivity index (χ1n) is 9.57. The SMILES string of the molecule is Cc1cc(N2N=CCNC2=O)cc(Cl)c1Cc1ccc(C(=O)c2ccc(Cl)nc2)cc1. The number of benzene rings is 2. The maximum absolute atomic E-state index is 12.6. The number of nitrogens with one attached hydrogen (secondary N) is 1. The van der Waals surface area contributed by atoms with Gasteiger partial charge in [-0.2, -0.15) is 10.1 Å². The normalized spacial score (nSPS) is 13.3. The summed E-state index contributed by atoms with van der Waals surface area (Å²) in [5, 5.41) is 9.02. The molecule has 2 heterocycles. The summed E-state index contributed by atoms with van der Waals surface area (Å²) in [6, 6.07) is 14.0. The first-order chi connectivity index (χ1) is 14.9. The first kappa shape index (κ1) is 21.0. The van der Waals surface area contributed by atoms with Crippen LogP contribution in [0.1, 0.15) is 32.6 Å². The molecule has 31 heavy (non-hydrogen) atoms. The van der Waals surface area contributed by atoms with E-state index in [1.807, 2.05) is 25.1 Å². The van der Waals surface area contributed by atoms with E-state index in [0.717, 1.165) is 16.7 Å². The van der Waals surface area contributed by atoms with Gasteiger partial charge in [0, 0.05) is 28.6 Å². The summed E-state index contributed by atoms with van der Waals surface area (Å²) in [6.07, 6.45) is 3.69. The Morgan fingerprint density at radius 1 is 1.10 bits per heavy atom. The number of amides is 2. The second kappa shape index (κ2) is 8.88. The summed E-state index contributed by atoms with van der Waals surface area (Å²) < 4.78 is 0. The minimum absolute atomic E-state index is 0.116. The van der Waals surface area contributed by atoms with E-state index >= 15 is 0 Å². The Hall–Kier alpha value is -3.22. The third-order valence-electron chi connectivity index (χ3n) is 4.97. The van der Waals surface area contributed by atoms with Gasteiger partial charge in [-0.05, 0) is 54.3 Å². The van der Waals surface area contributed by atoms with Crippen LogP contribution >= 0.6 is 23.2 Å². The Morgan fingerprint density at radius 2 is 1.84 bits per heavy atom. The molecule has 1 aliphatic rings. The van der Waals surface area contributed by atoms with Gasteiger partial charge in [0.15, 0.2) is 5.78 Å². The van der Waals surface area contributed by atoms with E-state index in [4.69, 9.17) is 23.2 Å². The highest BCUT2D eigenvalue weighted by Gasteiger charge is 2.19. The first-order valence-corrected chi connectivity index (χ1v) is 10.3. The second-order valence-corrected chi connectivity index (χ2v) is 7.89. The highest BCUT2D eigenvalue weighted by atomic mass is 35.5. The topological polar surface area (TPSA) is 74.7 Å². The molecule has 0 spiro atoms. The lowest BCUT2D eigenvalue weighted by Gasteiger charge is -2.22. The summed E-state index contributed by atoms with van der Waals surface area (Å²) >= 11 is 12.3. The van der Waals surface area contributed by atoms with Gasteiger partial charge in [-0.1, -0.05) is 47.5 Å². The molecule has 2 amide bonds. The molecule has 156 valence electrons. The van der Waals surface area contributed by atoms with Gasteiger partial charge >= 0.3 is 6.03 Å². The van der Waals surface area contributed by atoms with E-state index in [-0.39, 0.29) is 11.8 Å². The van der Waals surface area contributed by atoms with Crippen molar-refractivity contribution in [2.24, 2.45) is 5.10 Å². The monoisotopic (exact) mass is 452 g/mol. The molecule has 0 saturated carbocycles. The Labute approximate surface area is 189 Å². The van der Waals surface area contributed by atoms with Crippen molar-refractivity contribution in [2.45, 2.75) is 13.3 Å². The molecule has 0 atom stereocenters. The quantitative estimate of drug-likeness (QED) is 0.435. The second-order valence-electron chi connectivity index (χ2n) is 7.09. The fourth-order valence-electron chi connectivity index (χ4n) is 3.32. The average Bonchev–Trinajstić information content (AvgIpc) is 2.77. The molecule has 6 nitrogen and oxygen atoms in total. The van der Waals surface area contributed by atoms with Crippen LogP contribution in [0.2, 0.25) is 10.2 Å². The molecule has 0 radical (unpaired) electrons. The van der Waals surface area contributed by atoms with Gasteiger partial charge in [0.2, 0.25) is 0 Å². The molecule has 2 aromatic carbocycles. The fourth-order valence-corrected chi connectivity index (χ4v) is 3.76. The van der Waals surface area contributed by atoms with Crippen LogP contribution in [0.3, 0.4) is 0 Å². The Kier molecular flexibility index (Phi) is 6.02. The number of halogens is 2. The summed E-state index contributed by atoms with van der Waals surface area (Å²) in [4.78, 5) is 28.6. The molecule has 0 bridgehead atoms. The number of urea groups is 1. The number of aromatic nitrogens is 1. The van der Waals surface area contributed by atoms with Crippen molar-refractivity contribution in [1.82, 2.24) is 10.3 Å². The zero-order valence-electron chi connectivity index (χ0n) is 16.6. The lowest BCUT2D eigenvalue weighted by molar-refractivity contribution is 0.103. The van der Waals surface area contributed by atoms with Crippen LogP contribution in [0.15, 0.2) is 59.8 Å². The minimum atomic E-state index is -0.290. The highest BCUT2D eigenvalue weighted by Crippen LogP contribution is 2.30. The lowest BCUT2D eigenvalue weighted by atomic mass is 9.97. The third-order valence-corrected chi connectivity index (χ3v) is 5.53. The number of carbonyl (C=O) groups excluding carboxylic acids is 2. The molecule has 0 saturated heterocycles. The zero-order valence-corrected chi connectivity index (χ0v) is 18.1. The van der Waals surface area contributed by atoms with Crippen molar-refractivity contribution < 1.29 is 9.59 Å². The molecular weight excluding hydrogens is 435 g/mol. The molecule has 0 aliphatic carbocycles.